The van der Waals surface area contributed by atoms with Gasteiger partial charge in [0.25, 0.3) is 0 Å². The van der Waals surface area contributed by atoms with Gasteiger partial charge in [0.15, 0.2) is 6.54 Å². The number of rotatable bonds is 30. The number of anilines is 1. The third kappa shape index (κ3) is 17.9. The SMILES string of the molecule is COCCOCCOCCOCC[N+](CCCS(=O)(=O)[O-])=c1ccc2c(C(C)(C)C)cc(/C=C/C=C3/N(CCCCCC(=O)Oc4c(F)c(F)c(F)c(F)c4F)c4ccc(S(=O)(=O)[O-])cc4C3(C)CCCS(=O)(=O)[O-])oc-2c1. The average molecular weight is 1160 g/mol. The number of esters is 1. The molecule has 3 aliphatic rings. The van der Waals surface area contributed by atoms with Gasteiger partial charge in [0.2, 0.25) is 40.2 Å². The van der Waals surface area contributed by atoms with Crippen molar-refractivity contribution in [2.75, 3.05) is 89.4 Å². The largest absolute Gasteiger partial charge is 0.748 e. The van der Waals surface area contributed by atoms with Crippen LogP contribution in [0.1, 0.15) is 89.5 Å². The topological polar surface area (TPSA) is 254 Å². The number of ether oxygens (including phenoxy) is 5. The number of carbonyl (C=O) groups excluding carboxylic acids is 1. The zero-order valence-electron chi connectivity index (χ0n) is 43.7. The van der Waals surface area contributed by atoms with E-state index in [4.69, 9.17) is 23.4 Å². The van der Waals surface area contributed by atoms with E-state index in [2.05, 4.69) is 4.74 Å². The fourth-order valence-electron chi connectivity index (χ4n) is 8.84. The Morgan fingerprint density at radius 1 is 0.731 bits per heavy atom. The molecule has 2 aliphatic heterocycles. The van der Waals surface area contributed by atoms with Crippen molar-refractivity contribution >= 4 is 48.1 Å². The second-order valence-electron chi connectivity index (χ2n) is 19.5. The molecule has 2 aromatic carbocycles. The first-order valence-corrected chi connectivity index (χ1v) is 29.4. The Morgan fingerprint density at radius 2 is 1.33 bits per heavy atom. The molecule has 1 unspecified atom stereocenters. The summed E-state index contributed by atoms with van der Waals surface area (Å²) in [5.41, 5.74) is 1.17. The van der Waals surface area contributed by atoms with Gasteiger partial charge in [0.05, 0.1) is 70.8 Å². The maximum absolute atomic E-state index is 14.2. The van der Waals surface area contributed by atoms with Gasteiger partial charge in [-0.1, -0.05) is 33.3 Å². The molecular formula is C52H63F5N2O16S3-2. The number of hydrogen-bond donors (Lipinski definition) is 0. The highest BCUT2D eigenvalue weighted by atomic mass is 32.2. The van der Waals surface area contributed by atoms with Gasteiger partial charge in [-0.05, 0) is 91.6 Å². The fraction of sp³-hybridized carbons (Fsp3) is 0.500. The second-order valence-corrected chi connectivity index (χ2v) is 23.9. The summed E-state index contributed by atoms with van der Waals surface area (Å²) < 4.78 is 211. The molecule has 26 heteroatoms. The van der Waals surface area contributed by atoms with E-state index in [-0.39, 0.29) is 64.8 Å². The Balaban J connectivity index is 1.48. The standard InChI is InChI=1S/C52H65F5N2O16S3/c1-51(2,3)39-33-36(74-42-32-35(15-17-38(39)42)58(20-11-31-77(64,65)66)22-23-71-26-27-73-29-28-72-25-24-70-5)12-9-13-43-52(4,19-10-30-76(61,62)63)40-34-37(78(67,68)69)16-18-41(40)59(43)21-8-6-7-14-44(60)75-50-48(56)46(54)45(53)47(55)49(50)57/h9,12-13,15-18,32-34H,6-8,10-11,14,19-31H2,1-5H3,(H2-,61,62,63,64,65,66,67,68,69)/p-2. The van der Waals surface area contributed by atoms with Gasteiger partial charge < -0.3 is 46.7 Å². The quantitative estimate of drug-likeness (QED) is 0.00756. The van der Waals surface area contributed by atoms with E-state index in [9.17, 15) is 65.7 Å². The number of halogens is 5. The van der Waals surface area contributed by atoms with Crippen LogP contribution in [0.15, 0.2) is 69.6 Å². The Hall–Kier alpha value is -5.16. The highest BCUT2D eigenvalue weighted by molar-refractivity contribution is 7.86. The van der Waals surface area contributed by atoms with Crippen LogP contribution in [0.4, 0.5) is 27.6 Å². The van der Waals surface area contributed by atoms with Gasteiger partial charge >= 0.3 is 5.97 Å². The Kier molecular flexibility index (Phi) is 22.7. The molecule has 432 valence electrons. The van der Waals surface area contributed by atoms with Gasteiger partial charge in [-0.15, -0.1) is 0 Å². The van der Waals surface area contributed by atoms with Gasteiger partial charge in [0.1, 0.15) is 34.8 Å². The molecule has 0 radical (unpaired) electrons. The third-order valence-corrected chi connectivity index (χ3v) is 15.1. The van der Waals surface area contributed by atoms with Crippen LogP contribution in [-0.2, 0) is 64.9 Å². The lowest BCUT2D eigenvalue weighted by Gasteiger charge is -2.31. The minimum atomic E-state index is -5.01. The van der Waals surface area contributed by atoms with Gasteiger partial charge in [0, 0.05) is 66.4 Å². The predicted molar refractivity (Wildman–Crippen MR) is 273 cm³/mol. The molecule has 5 rings (SSSR count). The van der Waals surface area contributed by atoms with Crippen molar-refractivity contribution in [2.45, 2.75) is 88.4 Å². The number of fused-ring (bicyclic) bond motifs is 2. The lowest BCUT2D eigenvalue weighted by molar-refractivity contribution is -0.135. The summed E-state index contributed by atoms with van der Waals surface area (Å²) in [5.74, 6) is -15.2. The number of nitrogens with zero attached hydrogens (tertiary/aromatic N) is 2. The molecule has 0 N–H and O–H groups in total. The third-order valence-electron chi connectivity index (χ3n) is 12.7. The smallest absolute Gasteiger partial charge is 0.311 e. The van der Waals surface area contributed by atoms with E-state index in [1.165, 1.54) is 12.1 Å². The molecule has 0 amide bonds. The maximum atomic E-state index is 14.2. The van der Waals surface area contributed by atoms with Crippen LogP contribution in [0.5, 0.6) is 5.75 Å². The Bertz CT molecular complexity index is 3170. The summed E-state index contributed by atoms with van der Waals surface area (Å²) in [5, 5.41) is 0.638. The van der Waals surface area contributed by atoms with Crippen LogP contribution in [-0.4, -0.2) is 129 Å². The van der Waals surface area contributed by atoms with Crippen LogP contribution < -0.4 is 19.6 Å². The molecule has 0 saturated carbocycles. The molecule has 2 heterocycles. The van der Waals surface area contributed by atoms with Crippen LogP contribution in [0, 0.1) is 29.1 Å². The van der Waals surface area contributed by atoms with Crippen LogP contribution >= 0.6 is 0 Å². The summed E-state index contributed by atoms with van der Waals surface area (Å²) in [4.78, 5) is 13.7. The minimum Gasteiger partial charge on any atom is -0.748 e. The van der Waals surface area contributed by atoms with Gasteiger partial charge in [-0.3, -0.25) is 4.79 Å². The first kappa shape index (κ1) is 63.7. The lowest BCUT2D eigenvalue weighted by atomic mass is 9.77. The first-order valence-electron chi connectivity index (χ1n) is 24.8. The molecule has 0 fully saturated rings. The fourth-order valence-corrected chi connectivity index (χ4v) is 10.3. The maximum Gasteiger partial charge on any atom is 0.311 e. The zero-order chi connectivity index (χ0) is 57.6. The lowest BCUT2D eigenvalue weighted by Crippen LogP contribution is -2.35. The molecule has 1 aliphatic carbocycles. The van der Waals surface area contributed by atoms with Crippen LogP contribution in [0.25, 0.3) is 17.4 Å². The number of hydrogen-bond acceptors (Lipinski definition) is 17. The summed E-state index contributed by atoms with van der Waals surface area (Å²) in [6.45, 7) is 10.8. The number of unbranched alkanes of at least 4 members (excludes halogenated alkanes) is 2. The molecule has 0 saturated heterocycles. The molecular weight excluding hydrogens is 1100 g/mol. The minimum absolute atomic E-state index is 0.0112. The summed E-state index contributed by atoms with van der Waals surface area (Å²) in [6, 6.07) is 11.1. The van der Waals surface area contributed by atoms with Crippen LogP contribution in [0.3, 0.4) is 0 Å². The van der Waals surface area contributed by atoms with Crippen molar-refractivity contribution < 1.29 is 93.8 Å². The van der Waals surface area contributed by atoms with E-state index >= 15 is 0 Å². The van der Waals surface area contributed by atoms with Crippen molar-refractivity contribution in [3.05, 3.63) is 112 Å². The monoisotopic (exact) mass is 1160 g/mol. The molecule has 0 aromatic heterocycles. The second kappa shape index (κ2) is 27.8. The summed E-state index contributed by atoms with van der Waals surface area (Å²) >= 11 is 0. The van der Waals surface area contributed by atoms with E-state index in [0.717, 1.165) is 17.2 Å². The highest BCUT2D eigenvalue weighted by Gasteiger charge is 2.43. The van der Waals surface area contributed by atoms with Gasteiger partial charge in [-0.25, -0.2) is 43.0 Å². The van der Waals surface area contributed by atoms with E-state index in [0.29, 0.717) is 73.4 Å². The van der Waals surface area contributed by atoms with Crippen LogP contribution in [0.2, 0.25) is 0 Å². The Morgan fingerprint density at radius 3 is 1.94 bits per heavy atom. The highest BCUT2D eigenvalue weighted by Crippen LogP contribution is 2.51. The van der Waals surface area contributed by atoms with Crippen molar-refractivity contribution in [1.82, 2.24) is 4.58 Å². The van der Waals surface area contributed by atoms with Crippen molar-refractivity contribution in [1.29, 1.82) is 0 Å². The number of methoxy groups -OCH3 is 1. The molecule has 0 bridgehead atoms. The normalized spacial score (nSPS) is 16.2. The van der Waals surface area contributed by atoms with Crippen molar-refractivity contribution in [2.24, 2.45) is 0 Å². The Labute approximate surface area is 451 Å². The molecule has 18 nitrogen and oxygen atoms in total. The van der Waals surface area contributed by atoms with Crippen molar-refractivity contribution in [3.8, 4) is 17.1 Å². The van der Waals surface area contributed by atoms with E-state index in [1.807, 2.05) is 43.5 Å². The molecule has 0 spiro atoms. The van der Waals surface area contributed by atoms with E-state index < -0.39 is 105 Å². The summed E-state index contributed by atoms with van der Waals surface area (Å²) in [6.07, 6.45) is 4.80. The van der Waals surface area contributed by atoms with Crippen molar-refractivity contribution in [3.63, 3.8) is 0 Å². The number of carbonyl (C=O) groups is 1. The predicted octanol–water partition coefficient (Wildman–Crippen LogP) is 6.85. The number of benzene rings is 3. The average Bonchev–Trinajstić information content (AvgIpc) is 3.76. The summed E-state index contributed by atoms with van der Waals surface area (Å²) in [7, 11) is -12.6. The molecule has 78 heavy (non-hydrogen) atoms. The first-order chi connectivity index (χ1) is 36.6. The number of allylic oxidation sites excluding steroid dienone is 3. The van der Waals surface area contributed by atoms with E-state index in [1.54, 1.807) is 43.2 Å². The molecule has 1 atom stereocenters. The molecule has 2 aromatic rings. The zero-order valence-corrected chi connectivity index (χ0v) is 46.2. The van der Waals surface area contributed by atoms with Gasteiger partial charge in [-0.2, -0.15) is 8.78 Å².